The molecule has 3 aromatic rings. The molecule has 1 aromatic heterocycles. The van der Waals surface area contributed by atoms with Gasteiger partial charge in [0.25, 0.3) is 5.91 Å². The topological polar surface area (TPSA) is 46.8 Å². The van der Waals surface area contributed by atoms with Gasteiger partial charge in [0.05, 0.1) is 4.91 Å². The lowest BCUT2D eigenvalue weighted by molar-refractivity contribution is -0.122. The second kappa shape index (κ2) is 10.7. The lowest BCUT2D eigenvalue weighted by atomic mass is 10.2. The predicted molar refractivity (Wildman–Crippen MR) is 145 cm³/mol. The van der Waals surface area contributed by atoms with Crippen molar-refractivity contribution >= 4 is 44.8 Å². The maximum absolute atomic E-state index is 12.9. The maximum Gasteiger partial charge on any atom is 0.266 e. The van der Waals surface area contributed by atoms with E-state index in [1.165, 1.54) is 11.8 Å². The summed E-state index contributed by atoms with van der Waals surface area (Å²) in [6, 6.07) is 18.4. The van der Waals surface area contributed by atoms with Crippen LogP contribution in [-0.2, 0) is 11.4 Å². The van der Waals surface area contributed by atoms with Crippen molar-refractivity contribution in [2.75, 3.05) is 13.1 Å². The number of rotatable bonds is 7. The number of ether oxygens (including phenoxy) is 1. The summed E-state index contributed by atoms with van der Waals surface area (Å²) >= 11 is 4.91. The molecule has 0 radical (unpaired) electrons. The molecule has 34 heavy (non-hydrogen) atoms. The van der Waals surface area contributed by atoms with Crippen molar-refractivity contribution in [3.63, 3.8) is 0 Å². The van der Waals surface area contributed by atoms with Crippen LogP contribution in [0.3, 0.4) is 0 Å². The Bertz CT molecular complexity index is 1240. The minimum Gasteiger partial charge on any atom is -0.489 e. The molecule has 0 atom stereocenters. The van der Waals surface area contributed by atoms with Gasteiger partial charge in [-0.05, 0) is 99.1 Å². The Balaban J connectivity index is 1.53. The summed E-state index contributed by atoms with van der Waals surface area (Å²) in [5.74, 6) is 0.851. The van der Waals surface area contributed by atoms with Crippen LogP contribution in [0, 0.1) is 13.8 Å². The normalized spacial score (nSPS) is 16.1. The van der Waals surface area contributed by atoms with Crippen molar-refractivity contribution in [2.24, 2.45) is 4.99 Å². The van der Waals surface area contributed by atoms with Crippen molar-refractivity contribution in [3.8, 4) is 11.4 Å². The summed E-state index contributed by atoms with van der Waals surface area (Å²) in [5, 5.41) is 0.786. The molecular weight excluding hydrogens is 510 g/mol. The van der Waals surface area contributed by atoms with Crippen LogP contribution in [0.2, 0.25) is 0 Å². The molecular formula is C27H28BrN3O2S. The third kappa shape index (κ3) is 5.15. The molecule has 5 nitrogen and oxygen atoms in total. The molecule has 2 heterocycles. The third-order valence-corrected chi connectivity index (χ3v) is 7.24. The molecule has 0 spiro atoms. The highest BCUT2D eigenvalue weighted by atomic mass is 79.9. The van der Waals surface area contributed by atoms with Crippen LogP contribution in [0.25, 0.3) is 11.8 Å². The van der Waals surface area contributed by atoms with Crippen LogP contribution >= 0.6 is 27.7 Å². The average Bonchev–Trinajstić information content (AvgIpc) is 3.28. The highest BCUT2D eigenvalue weighted by Gasteiger charge is 2.32. The number of halogens is 1. The Morgan fingerprint density at radius 3 is 2.41 bits per heavy atom. The van der Waals surface area contributed by atoms with E-state index in [4.69, 9.17) is 4.74 Å². The number of likely N-dealkylation sites (N-methyl/N-ethyl adjacent to an activating group) is 1. The van der Waals surface area contributed by atoms with Gasteiger partial charge in [-0.1, -0.05) is 28.1 Å². The fourth-order valence-corrected chi connectivity index (χ4v) is 5.31. The monoisotopic (exact) mass is 537 g/mol. The van der Waals surface area contributed by atoms with E-state index in [0.29, 0.717) is 24.6 Å². The third-order valence-electron chi connectivity index (χ3n) is 5.67. The van der Waals surface area contributed by atoms with Gasteiger partial charge in [-0.25, -0.2) is 0 Å². The zero-order valence-corrected chi connectivity index (χ0v) is 22.2. The van der Waals surface area contributed by atoms with Gasteiger partial charge in [0.1, 0.15) is 12.4 Å². The van der Waals surface area contributed by atoms with E-state index in [0.717, 1.165) is 43.6 Å². The van der Waals surface area contributed by atoms with E-state index in [1.807, 2.05) is 56.3 Å². The quantitative estimate of drug-likeness (QED) is 0.313. The molecule has 1 amide bonds. The minimum absolute atomic E-state index is 0.0248. The Kier molecular flexibility index (Phi) is 7.63. The van der Waals surface area contributed by atoms with Gasteiger partial charge in [-0.15, -0.1) is 0 Å². The molecule has 176 valence electrons. The van der Waals surface area contributed by atoms with E-state index < -0.39 is 0 Å². The summed E-state index contributed by atoms with van der Waals surface area (Å²) in [5.41, 5.74) is 5.42. The second-order valence-corrected chi connectivity index (χ2v) is 9.91. The van der Waals surface area contributed by atoms with Crippen LogP contribution in [0.5, 0.6) is 5.75 Å². The average molecular weight is 539 g/mol. The molecule has 1 aliphatic heterocycles. The fraction of sp³-hybridized carbons (Fsp3) is 0.259. The summed E-state index contributed by atoms with van der Waals surface area (Å²) in [6.45, 7) is 9.94. The van der Waals surface area contributed by atoms with Gasteiger partial charge in [0.2, 0.25) is 0 Å². The first-order valence-electron chi connectivity index (χ1n) is 11.3. The van der Waals surface area contributed by atoms with Crippen LogP contribution in [0.4, 0.5) is 0 Å². The molecule has 1 aliphatic rings. The van der Waals surface area contributed by atoms with E-state index in [-0.39, 0.29) is 5.91 Å². The van der Waals surface area contributed by atoms with E-state index in [1.54, 1.807) is 4.90 Å². The largest absolute Gasteiger partial charge is 0.489 e. The van der Waals surface area contributed by atoms with Gasteiger partial charge >= 0.3 is 0 Å². The number of nitrogens with zero attached hydrogens (tertiary/aromatic N) is 3. The van der Waals surface area contributed by atoms with Crippen LogP contribution < -0.4 is 4.74 Å². The molecule has 0 saturated carbocycles. The number of benzene rings is 2. The Morgan fingerprint density at radius 2 is 1.76 bits per heavy atom. The number of carbonyl (C=O) groups excluding carboxylic acids is 1. The van der Waals surface area contributed by atoms with Gasteiger partial charge in [0, 0.05) is 34.6 Å². The zero-order chi connectivity index (χ0) is 24.2. The number of amidine groups is 1. The number of aliphatic imine (C=N–C) groups is 1. The van der Waals surface area contributed by atoms with Crippen molar-refractivity contribution in [1.29, 1.82) is 0 Å². The SMILES string of the molecule is CCN=C1S/C(=C\c2cc(C)n(-c3ccc(OCc4ccc(Br)cc4)cc3)c2C)C(=O)N1CC. The summed E-state index contributed by atoms with van der Waals surface area (Å²) in [6.07, 6.45) is 1.99. The molecule has 0 N–H and O–H groups in total. The first kappa shape index (κ1) is 24.4. The molecule has 1 fully saturated rings. The number of carbonyl (C=O) groups is 1. The fourth-order valence-electron chi connectivity index (χ4n) is 3.95. The molecule has 7 heteroatoms. The first-order chi connectivity index (χ1) is 16.4. The van der Waals surface area contributed by atoms with E-state index in [9.17, 15) is 4.79 Å². The molecule has 2 aromatic carbocycles. The lowest BCUT2D eigenvalue weighted by Gasteiger charge is -2.12. The van der Waals surface area contributed by atoms with Crippen LogP contribution in [0.1, 0.15) is 36.4 Å². The molecule has 0 bridgehead atoms. The van der Waals surface area contributed by atoms with Gasteiger partial charge < -0.3 is 9.30 Å². The number of hydrogen-bond donors (Lipinski definition) is 0. The number of thioether (sulfide) groups is 1. The van der Waals surface area contributed by atoms with Gasteiger partial charge in [-0.2, -0.15) is 0 Å². The predicted octanol–water partition coefficient (Wildman–Crippen LogP) is 6.75. The summed E-state index contributed by atoms with van der Waals surface area (Å²) in [4.78, 5) is 19.8. The molecule has 4 rings (SSSR count). The second-order valence-electron chi connectivity index (χ2n) is 7.99. The highest BCUT2D eigenvalue weighted by molar-refractivity contribution is 9.10. The number of amides is 1. The standard InChI is InChI=1S/C27H28BrN3O2S/c1-5-29-27-30(6-2)26(32)25(34-27)16-21-15-18(3)31(19(21)4)23-11-13-24(14-12-23)33-17-20-7-9-22(28)10-8-20/h7-16H,5-6,17H2,1-4H3/b25-16-,29-27?. The molecule has 1 saturated heterocycles. The van der Waals surface area contributed by atoms with Crippen molar-refractivity contribution < 1.29 is 9.53 Å². The van der Waals surface area contributed by atoms with E-state index in [2.05, 4.69) is 57.5 Å². The van der Waals surface area contributed by atoms with E-state index >= 15 is 0 Å². The summed E-state index contributed by atoms with van der Waals surface area (Å²) < 4.78 is 9.21. The van der Waals surface area contributed by atoms with Crippen molar-refractivity contribution in [1.82, 2.24) is 9.47 Å². The first-order valence-corrected chi connectivity index (χ1v) is 12.9. The smallest absolute Gasteiger partial charge is 0.266 e. The number of hydrogen-bond acceptors (Lipinski definition) is 4. The highest BCUT2D eigenvalue weighted by Crippen LogP contribution is 2.34. The summed E-state index contributed by atoms with van der Waals surface area (Å²) in [7, 11) is 0. The maximum atomic E-state index is 12.9. The van der Waals surface area contributed by atoms with Crippen molar-refractivity contribution in [3.05, 3.63) is 86.5 Å². The minimum atomic E-state index is 0.0248. The van der Waals surface area contributed by atoms with Gasteiger partial charge in [0.15, 0.2) is 5.17 Å². The molecule has 0 aliphatic carbocycles. The zero-order valence-electron chi connectivity index (χ0n) is 19.8. The Morgan fingerprint density at radius 1 is 1.06 bits per heavy atom. The van der Waals surface area contributed by atoms with Crippen molar-refractivity contribution in [2.45, 2.75) is 34.3 Å². The Labute approximate surface area is 213 Å². The van der Waals surface area contributed by atoms with Gasteiger partial charge in [-0.3, -0.25) is 14.7 Å². The lowest BCUT2D eigenvalue weighted by Crippen LogP contribution is -2.28. The van der Waals surface area contributed by atoms with Crippen LogP contribution in [0.15, 0.2) is 69.0 Å². The van der Waals surface area contributed by atoms with Crippen LogP contribution in [-0.4, -0.2) is 33.6 Å². The Hall–Kier alpha value is -2.77. The number of aryl methyl sites for hydroxylation is 1. The molecule has 0 unspecified atom stereocenters. The number of aromatic nitrogens is 1.